The molecule has 0 spiro atoms. The number of pyridine rings is 1. The molecule has 13 heterocycles. The fourth-order valence-electron chi connectivity index (χ4n) is 13.2. The second-order valence-corrected chi connectivity index (χ2v) is 29.5. The molecule has 7 aromatic heterocycles. The van der Waals surface area contributed by atoms with E-state index in [4.69, 9.17) is 52.8 Å². The van der Waals surface area contributed by atoms with Crippen LogP contribution in [0, 0.1) is 0 Å². The van der Waals surface area contributed by atoms with Crippen molar-refractivity contribution in [3.05, 3.63) is 112 Å². The molecule has 10 atom stereocenters. The number of cyclic esters (lactones) is 2. The van der Waals surface area contributed by atoms with E-state index in [-0.39, 0.29) is 118 Å². The van der Waals surface area contributed by atoms with Gasteiger partial charge in [0.25, 0.3) is 23.6 Å². The lowest BCUT2D eigenvalue weighted by Gasteiger charge is -2.45. The molecule has 12 bridgehead atoms. The smallest absolute Gasteiger partial charge is 0.358 e. The molecule has 37 heteroatoms. The predicted octanol–water partition coefficient (Wildman–Crippen LogP) is 4.98. The first-order chi connectivity index (χ1) is 49.1. The topological polar surface area (TPSA) is 403 Å². The number of morpholine rings is 1. The summed E-state index contributed by atoms with van der Waals surface area (Å²) in [5.41, 5.74) is -1.24. The van der Waals surface area contributed by atoms with Crippen LogP contribution in [0.2, 0.25) is 0 Å². The Balaban J connectivity index is 0.903. The van der Waals surface area contributed by atoms with Crippen LogP contribution in [0.4, 0.5) is 0 Å². The third kappa shape index (κ3) is 13.9. The van der Waals surface area contributed by atoms with Crippen LogP contribution in [-0.2, 0) is 60.7 Å². The van der Waals surface area contributed by atoms with E-state index in [1.165, 1.54) is 54.6 Å². The molecule has 6 aliphatic rings. The number of fused-ring (bicyclic) bond motifs is 16. The van der Waals surface area contributed by atoms with Gasteiger partial charge in [0.1, 0.15) is 120 Å². The van der Waals surface area contributed by atoms with E-state index in [9.17, 15) is 29.8 Å². The SMILES string of the molecule is CO/C(C)=C1/NC(=O)C(C(C)O)NC(=O)c2csc(n2)-c2cc(O)c(-c3nc(C(=O)NCCCN4CCOCC4)cs3)nc2-c2csc(n2)C2COC(=O)c3c4c5c(cccc5n3O)COC(=O)C(OC3CC5(C)OCN(C)C5C(C)O3)C(OC4)C(NC(=O)c3csc1n3)c1nc(cs1)C(=O)N2. The van der Waals surface area contributed by atoms with Crippen LogP contribution in [0.25, 0.3) is 49.3 Å². The Morgan fingerprint density at radius 3 is 2.33 bits per heavy atom. The molecular weight excluding hydrogens is 1430 g/mol. The van der Waals surface area contributed by atoms with Crippen molar-refractivity contribution in [3.63, 3.8) is 0 Å². The molecule has 0 saturated carbocycles. The molecule has 8 aromatic rings. The standard InChI is InChI=1S/C65H68N14O18S5/c1-28(80)44-57(86)75-45(29(2)90-6)60-71-39(26-100-60)56(85)76-48-50-51(97-42-18-65(4)52(30(3)96-42)77(5)27-95-65)64(88)93-19-31-9-7-10-40-43(31)33(20-92-50)49(79(40)89)63(87)94-21-34(67-54(83)37-25-102-62(48)72-37)59-68-35(22-99-59)46-32(58-69-38(24-98-58)55(84)74-44)17-41(81)47(73-46)61-70-36(23-101-61)53(82)66-11-8-12-78-13-15-91-16-14-78/h7,9-10,17,22-26,28,30,34,42,44,48,50-52,80-81,89H,8,11-16,18-21,27H2,1-6H3,(H,66,82)(H,67,83)(H,74,84)(H,75,86)(H,76,85)/b45-29+. The monoisotopic (exact) mass is 1490 g/mol. The van der Waals surface area contributed by atoms with E-state index in [0.29, 0.717) is 36.5 Å². The van der Waals surface area contributed by atoms with Crippen molar-refractivity contribution in [2.75, 3.05) is 66.9 Å². The maximum Gasteiger partial charge on any atom is 0.358 e. The highest BCUT2D eigenvalue weighted by Gasteiger charge is 2.54. The summed E-state index contributed by atoms with van der Waals surface area (Å²) in [5.74, 6) is -6.45. The normalized spacial score (nSPS) is 25.4. The minimum atomic E-state index is -1.83. The molecule has 102 heavy (non-hydrogen) atoms. The Morgan fingerprint density at radius 1 is 0.843 bits per heavy atom. The number of ether oxygens (including phenoxy) is 8. The number of thiazole rings is 5. The average molecular weight is 1490 g/mol. The molecule has 0 aliphatic carbocycles. The van der Waals surface area contributed by atoms with Crippen LogP contribution in [0.3, 0.4) is 0 Å². The van der Waals surface area contributed by atoms with Crippen LogP contribution < -0.4 is 26.6 Å². The van der Waals surface area contributed by atoms with Gasteiger partial charge >= 0.3 is 11.9 Å². The number of aromatic nitrogens is 7. The van der Waals surface area contributed by atoms with Gasteiger partial charge in [0, 0.05) is 69.5 Å². The molecule has 3 saturated heterocycles. The second-order valence-electron chi connectivity index (χ2n) is 25.1. The number of benzene rings is 1. The first-order valence-electron chi connectivity index (χ1n) is 32.3. The van der Waals surface area contributed by atoms with Crippen molar-refractivity contribution in [1.29, 1.82) is 0 Å². The van der Waals surface area contributed by atoms with Crippen molar-refractivity contribution in [3.8, 4) is 38.4 Å². The van der Waals surface area contributed by atoms with Crippen molar-refractivity contribution in [2.45, 2.75) is 114 Å². The number of esters is 2. The van der Waals surface area contributed by atoms with Crippen molar-refractivity contribution >= 4 is 115 Å². The van der Waals surface area contributed by atoms with Crippen LogP contribution in [0.1, 0.15) is 131 Å². The largest absolute Gasteiger partial charge is 0.506 e. The van der Waals surface area contributed by atoms with Gasteiger partial charge in [0.15, 0.2) is 18.1 Å². The van der Waals surface area contributed by atoms with Gasteiger partial charge in [0.05, 0.1) is 63.0 Å². The second kappa shape index (κ2) is 29.1. The average Bonchev–Trinajstić information content (AvgIpc) is 1.55. The van der Waals surface area contributed by atoms with E-state index in [0.717, 1.165) is 76.3 Å². The number of hydrogen-bond donors (Lipinski definition) is 8. The van der Waals surface area contributed by atoms with Gasteiger partial charge in [-0.25, -0.2) is 39.5 Å². The molecule has 8 N–H and O–H groups in total. The van der Waals surface area contributed by atoms with Gasteiger partial charge < -0.3 is 79.9 Å². The number of carbonyl (C=O) groups excluding carboxylic acids is 7. The number of rotatable bonds is 10. The van der Waals surface area contributed by atoms with Gasteiger partial charge in [-0.3, -0.25) is 33.8 Å². The molecule has 536 valence electrons. The number of nitrogens with one attached hydrogen (secondary N) is 5. The number of aliphatic hydroxyl groups excluding tert-OH is 1. The zero-order valence-corrected chi connectivity index (χ0v) is 59.5. The molecule has 14 rings (SSSR count). The molecule has 3 fully saturated rings. The van der Waals surface area contributed by atoms with E-state index in [2.05, 4.69) is 46.4 Å². The van der Waals surface area contributed by atoms with Crippen LogP contribution >= 0.6 is 56.7 Å². The minimum Gasteiger partial charge on any atom is -0.506 e. The third-order valence-corrected chi connectivity index (χ3v) is 22.8. The fraction of sp³-hybridized carbons (Fsp3) is 0.431. The van der Waals surface area contributed by atoms with Crippen LogP contribution in [0.15, 0.2) is 56.9 Å². The molecule has 6 aliphatic heterocycles. The Kier molecular flexibility index (Phi) is 20.1. The number of carbonyl (C=O) groups is 7. The number of aromatic hydroxyl groups is 1. The van der Waals surface area contributed by atoms with Crippen molar-refractivity contribution in [1.82, 2.24) is 71.0 Å². The summed E-state index contributed by atoms with van der Waals surface area (Å²) < 4.78 is 50.6. The summed E-state index contributed by atoms with van der Waals surface area (Å²) in [7, 11) is 3.23. The summed E-state index contributed by atoms with van der Waals surface area (Å²) >= 11 is 4.81. The summed E-state index contributed by atoms with van der Waals surface area (Å²) in [6.45, 7) is 9.18. The minimum absolute atomic E-state index is 0.0152. The zero-order chi connectivity index (χ0) is 71.4. The Labute approximate surface area is 600 Å². The highest BCUT2D eigenvalue weighted by atomic mass is 32.1. The zero-order valence-electron chi connectivity index (χ0n) is 55.4. The number of likely N-dealkylation sites (N-methyl/N-ethyl adjacent to an activating group) is 1. The Bertz CT molecular complexity index is 4630. The summed E-state index contributed by atoms with van der Waals surface area (Å²) in [6, 6.07) is 1.32. The quantitative estimate of drug-likeness (QED) is 0.0387. The number of amides is 5. The highest BCUT2D eigenvalue weighted by Crippen LogP contribution is 2.44. The first kappa shape index (κ1) is 70.2. The van der Waals surface area contributed by atoms with Gasteiger partial charge in [-0.2, -0.15) is 4.73 Å². The predicted molar refractivity (Wildman–Crippen MR) is 366 cm³/mol. The number of methoxy groups -OCH3 is 1. The number of hydrogen-bond acceptors (Lipinski definition) is 31. The van der Waals surface area contributed by atoms with E-state index < -0.39 is 127 Å². The number of allylic oxidation sites excluding steroid dienone is 1. The lowest BCUT2D eigenvalue weighted by Crippen LogP contribution is -2.58. The third-order valence-electron chi connectivity index (χ3n) is 18.3. The Morgan fingerprint density at radius 2 is 1.55 bits per heavy atom. The van der Waals surface area contributed by atoms with Crippen LogP contribution in [-0.4, -0.2) is 217 Å². The molecule has 0 radical (unpaired) electrons. The van der Waals surface area contributed by atoms with Gasteiger partial charge in [0.2, 0.25) is 5.91 Å². The fourth-order valence-corrected chi connectivity index (χ4v) is 17.4. The lowest BCUT2D eigenvalue weighted by atomic mass is 9.86. The van der Waals surface area contributed by atoms with E-state index >= 15 is 19.2 Å². The van der Waals surface area contributed by atoms with Crippen molar-refractivity contribution < 1.29 is 86.9 Å². The summed E-state index contributed by atoms with van der Waals surface area (Å²) in [5, 5.41) is 57.3. The highest BCUT2D eigenvalue weighted by molar-refractivity contribution is 7.14. The van der Waals surface area contributed by atoms with Gasteiger partial charge in [-0.05, 0) is 65.4 Å². The molecule has 32 nitrogen and oxygen atoms in total. The number of nitrogens with zero attached hydrogens (tertiary/aromatic N) is 9. The van der Waals surface area contributed by atoms with Gasteiger partial charge in [-0.15, -0.1) is 56.7 Å². The molecule has 10 unspecified atom stereocenters. The summed E-state index contributed by atoms with van der Waals surface area (Å²) in [4.78, 5) is 136. The van der Waals surface area contributed by atoms with Crippen molar-refractivity contribution in [2.24, 2.45) is 0 Å². The maximum absolute atomic E-state index is 15.2. The maximum atomic E-state index is 15.2. The Hall–Kier alpha value is -8.83. The number of aliphatic hydroxyl groups is 1. The molecular formula is C65H68N14O18S5. The van der Waals surface area contributed by atoms with E-state index in [1.807, 2.05) is 25.8 Å². The lowest BCUT2D eigenvalue weighted by molar-refractivity contribution is -0.268. The van der Waals surface area contributed by atoms with Gasteiger partial charge in [-0.1, -0.05) is 12.1 Å². The van der Waals surface area contributed by atoms with E-state index in [1.54, 1.807) is 17.5 Å². The molecule has 1 aromatic carbocycles. The summed E-state index contributed by atoms with van der Waals surface area (Å²) in [6.07, 6.45) is -6.00. The first-order valence-corrected chi connectivity index (χ1v) is 36.7. The van der Waals surface area contributed by atoms with Crippen LogP contribution in [0.5, 0.6) is 5.75 Å². The molecule has 5 amide bonds.